The summed E-state index contributed by atoms with van der Waals surface area (Å²) >= 11 is 0. The van der Waals surface area contributed by atoms with Crippen molar-refractivity contribution in [3.8, 4) is 5.75 Å². The number of nitrogens with one attached hydrogen (secondary N) is 1. The molecule has 0 aliphatic heterocycles. The molecular formula is C18H31NO2. The second-order valence-corrected chi connectivity index (χ2v) is 6.79. The maximum Gasteiger partial charge on any atom is 0.122 e. The Kier molecular flexibility index (Phi) is 7.20. The van der Waals surface area contributed by atoms with Crippen LogP contribution in [0.3, 0.4) is 0 Å². The molecule has 0 fully saturated rings. The third-order valence-electron chi connectivity index (χ3n) is 3.69. The highest BCUT2D eigenvalue weighted by Gasteiger charge is 2.18. The van der Waals surface area contributed by atoms with Gasteiger partial charge in [-0.15, -0.1) is 0 Å². The normalized spacial score (nSPS) is 14.8. The Bertz CT molecular complexity index is 412. The molecule has 0 saturated carbocycles. The van der Waals surface area contributed by atoms with Crippen molar-refractivity contribution in [2.45, 2.75) is 52.2 Å². The number of para-hydroxylation sites is 1. The van der Waals surface area contributed by atoms with Gasteiger partial charge in [0, 0.05) is 12.6 Å². The van der Waals surface area contributed by atoms with E-state index in [0.717, 1.165) is 25.1 Å². The van der Waals surface area contributed by atoms with Crippen LogP contribution in [0.15, 0.2) is 24.3 Å². The predicted octanol–water partition coefficient (Wildman–Crippen LogP) is 3.67. The molecule has 3 heteroatoms. The van der Waals surface area contributed by atoms with Crippen LogP contribution in [0.5, 0.6) is 5.75 Å². The van der Waals surface area contributed by atoms with E-state index in [2.05, 4.69) is 45.1 Å². The molecule has 1 rings (SSSR count). The standard InChI is InChI=1S/C18H31NO2/c1-14(20-5)11-15(13-19-18(2,3)4)12-16-9-7-8-10-17(16)21-6/h7-10,14-15,19H,11-13H2,1-6H3. The lowest BCUT2D eigenvalue weighted by Gasteiger charge is -2.27. The van der Waals surface area contributed by atoms with Gasteiger partial charge >= 0.3 is 0 Å². The molecule has 1 aromatic carbocycles. The Morgan fingerprint density at radius 1 is 1.14 bits per heavy atom. The summed E-state index contributed by atoms with van der Waals surface area (Å²) in [5, 5.41) is 3.61. The first-order chi connectivity index (χ1) is 9.85. The predicted molar refractivity (Wildman–Crippen MR) is 89.0 cm³/mol. The highest BCUT2D eigenvalue weighted by Crippen LogP contribution is 2.23. The highest BCUT2D eigenvalue weighted by molar-refractivity contribution is 5.33. The van der Waals surface area contributed by atoms with Crippen LogP contribution >= 0.6 is 0 Å². The van der Waals surface area contributed by atoms with Gasteiger partial charge in [0.25, 0.3) is 0 Å². The van der Waals surface area contributed by atoms with E-state index in [1.54, 1.807) is 14.2 Å². The van der Waals surface area contributed by atoms with E-state index in [1.807, 2.05) is 12.1 Å². The van der Waals surface area contributed by atoms with Crippen molar-refractivity contribution in [2.24, 2.45) is 5.92 Å². The Labute approximate surface area is 130 Å². The number of hydrogen-bond donors (Lipinski definition) is 1. The number of methoxy groups -OCH3 is 2. The molecule has 0 radical (unpaired) electrons. The zero-order valence-corrected chi connectivity index (χ0v) is 14.4. The summed E-state index contributed by atoms with van der Waals surface area (Å²) in [5.74, 6) is 1.50. The van der Waals surface area contributed by atoms with Crippen molar-refractivity contribution >= 4 is 0 Å². The molecule has 2 atom stereocenters. The molecular weight excluding hydrogens is 262 g/mol. The number of rotatable bonds is 8. The average Bonchev–Trinajstić information content (AvgIpc) is 2.44. The van der Waals surface area contributed by atoms with E-state index in [4.69, 9.17) is 9.47 Å². The van der Waals surface area contributed by atoms with Gasteiger partial charge in [0.05, 0.1) is 13.2 Å². The maximum absolute atomic E-state index is 5.47. The molecule has 0 amide bonds. The smallest absolute Gasteiger partial charge is 0.122 e. The van der Waals surface area contributed by atoms with E-state index in [-0.39, 0.29) is 11.6 Å². The van der Waals surface area contributed by atoms with Gasteiger partial charge in [0.15, 0.2) is 0 Å². The first kappa shape index (κ1) is 18.0. The maximum atomic E-state index is 5.47. The van der Waals surface area contributed by atoms with Gasteiger partial charge in [-0.3, -0.25) is 0 Å². The van der Waals surface area contributed by atoms with Gasteiger partial charge in [-0.1, -0.05) is 18.2 Å². The van der Waals surface area contributed by atoms with Crippen molar-refractivity contribution in [3.63, 3.8) is 0 Å². The van der Waals surface area contributed by atoms with Gasteiger partial charge in [-0.05, 0) is 64.6 Å². The summed E-state index contributed by atoms with van der Waals surface area (Å²) in [7, 11) is 3.51. The van der Waals surface area contributed by atoms with E-state index in [0.29, 0.717) is 5.92 Å². The third-order valence-corrected chi connectivity index (χ3v) is 3.69. The minimum absolute atomic E-state index is 0.134. The van der Waals surface area contributed by atoms with Gasteiger partial charge in [-0.25, -0.2) is 0 Å². The van der Waals surface area contributed by atoms with Gasteiger partial charge in [0.1, 0.15) is 5.75 Å². The lowest BCUT2D eigenvalue weighted by atomic mass is 9.92. The third kappa shape index (κ3) is 6.96. The summed E-state index contributed by atoms with van der Waals surface area (Å²) in [6.07, 6.45) is 2.31. The molecule has 1 aromatic rings. The highest BCUT2D eigenvalue weighted by atomic mass is 16.5. The summed E-state index contributed by atoms with van der Waals surface area (Å²) in [4.78, 5) is 0. The Balaban J connectivity index is 2.75. The molecule has 2 unspecified atom stereocenters. The fraction of sp³-hybridized carbons (Fsp3) is 0.667. The first-order valence-corrected chi connectivity index (χ1v) is 7.75. The average molecular weight is 293 g/mol. The molecule has 0 aliphatic rings. The van der Waals surface area contributed by atoms with Crippen LogP contribution in [-0.4, -0.2) is 32.4 Å². The molecule has 120 valence electrons. The number of benzene rings is 1. The molecule has 0 heterocycles. The Hall–Kier alpha value is -1.06. The Morgan fingerprint density at radius 3 is 2.38 bits per heavy atom. The van der Waals surface area contributed by atoms with E-state index < -0.39 is 0 Å². The van der Waals surface area contributed by atoms with Crippen LogP contribution in [0.1, 0.15) is 39.7 Å². The Morgan fingerprint density at radius 2 is 1.81 bits per heavy atom. The molecule has 0 aliphatic carbocycles. The zero-order chi connectivity index (χ0) is 15.9. The second kappa shape index (κ2) is 8.40. The fourth-order valence-corrected chi connectivity index (χ4v) is 2.44. The topological polar surface area (TPSA) is 30.5 Å². The van der Waals surface area contributed by atoms with Gasteiger partial charge in [0.2, 0.25) is 0 Å². The van der Waals surface area contributed by atoms with Crippen LogP contribution in [0.2, 0.25) is 0 Å². The SMILES string of the molecule is COc1ccccc1CC(CNC(C)(C)C)CC(C)OC. The molecule has 0 saturated heterocycles. The van der Waals surface area contributed by atoms with E-state index >= 15 is 0 Å². The summed E-state index contributed by atoms with van der Waals surface area (Å²) in [6.45, 7) is 9.72. The van der Waals surface area contributed by atoms with Crippen LogP contribution in [-0.2, 0) is 11.2 Å². The van der Waals surface area contributed by atoms with Crippen molar-refractivity contribution in [3.05, 3.63) is 29.8 Å². The molecule has 0 spiro atoms. The van der Waals surface area contributed by atoms with Crippen LogP contribution in [0.25, 0.3) is 0 Å². The minimum atomic E-state index is 0.134. The number of hydrogen-bond acceptors (Lipinski definition) is 3. The van der Waals surface area contributed by atoms with Crippen molar-refractivity contribution in [2.75, 3.05) is 20.8 Å². The zero-order valence-electron chi connectivity index (χ0n) is 14.4. The largest absolute Gasteiger partial charge is 0.496 e. The van der Waals surface area contributed by atoms with Crippen molar-refractivity contribution < 1.29 is 9.47 Å². The molecule has 0 bridgehead atoms. The van der Waals surface area contributed by atoms with E-state index in [1.165, 1.54) is 5.56 Å². The lowest BCUT2D eigenvalue weighted by Crippen LogP contribution is -2.40. The molecule has 21 heavy (non-hydrogen) atoms. The van der Waals surface area contributed by atoms with E-state index in [9.17, 15) is 0 Å². The quantitative estimate of drug-likeness (QED) is 0.793. The van der Waals surface area contributed by atoms with Crippen molar-refractivity contribution in [1.29, 1.82) is 0 Å². The monoisotopic (exact) mass is 293 g/mol. The molecule has 3 nitrogen and oxygen atoms in total. The summed E-state index contributed by atoms with van der Waals surface area (Å²) < 4.78 is 10.9. The fourth-order valence-electron chi connectivity index (χ4n) is 2.44. The summed E-state index contributed by atoms with van der Waals surface area (Å²) in [6, 6.07) is 8.28. The summed E-state index contributed by atoms with van der Waals surface area (Å²) in [5.41, 5.74) is 1.40. The lowest BCUT2D eigenvalue weighted by molar-refractivity contribution is 0.0933. The van der Waals surface area contributed by atoms with Gasteiger partial charge < -0.3 is 14.8 Å². The molecule has 0 aromatic heterocycles. The number of ether oxygens (including phenoxy) is 2. The second-order valence-electron chi connectivity index (χ2n) is 6.79. The van der Waals surface area contributed by atoms with Crippen LogP contribution < -0.4 is 10.1 Å². The van der Waals surface area contributed by atoms with Crippen LogP contribution in [0.4, 0.5) is 0 Å². The minimum Gasteiger partial charge on any atom is -0.496 e. The van der Waals surface area contributed by atoms with Crippen molar-refractivity contribution in [1.82, 2.24) is 5.32 Å². The van der Waals surface area contributed by atoms with Gasteiger partial charge in [-0.2, -0.15) is 0 Å². The first-order valence-electron chi connectivity index (χ1n) is 7.75. The van der Waals surface area contributed by atoms with Crippen LogP contribution in [0, 0.1) is 5.92 Å². The molecule has 1 N–H and O–H groups in total.